The average Bonchev–Trinajstić information content (AvgIpc) is 3.03. The highest BCUT2D eigenvalue weighted by atomic mass is 79.9. The Balaban J connectivity index is 1.85. The number of hydrogen-bond donors (Lipinski definition) is 0. The fourth-order valence-corrected chi connectivity index (χ4v) is 4.22. The van der Waals surface area contributed by atoms with Crippen LogP contribution in [0.2, 0.25) is 0 Å². The minimum absolute atomic E-state index is 0.179. The van der Waals surface area contributed by atoms with Crippen LogP contribution in [0.15, 0.2) is 57.9 Å². The number of para-hydroxylation sites is 1. The fourth-order valence-electron chi connectivity index (χ4n) is 2.92. The molecule has 0 N–H and O–H groups in total. The molecule has 2 nitrogen and oxygen atoms in total. The Morgan fingerprint density at radius 3 is 2.57 bits per heavy atom. The van der Waals surface area contributed by atoms with E-state index in [9.17, 15) is 0 Å². The first-order valence-electron chi connectivity index (χ1n) is 6.75. The van der Waals surface area contributed by atoms with Crippen LogP contribution in [0.4, 0.5) is 0 Å². The van der Waals surface area contributed by atoms with Crippen LogP contribution in [0.3, 0.4) is 0 Å². The lowest BCUT2D eigenvalue weighted by molar-refractivity contribution is 0.00636. The van der Waals surface area contributed by atoms with Crippen LogP contribution in [0, 0.1) is 0 Å². The van der Waals surface area contributed by atoms with Gasteiger partial charge in [0.25, 0.3) is 6.29 Å². The zero-order chi connectivity index (χ0) is 14.4. The molecule has 4 rings (SSSR count). The number of halogens is 1. The average molecular weight is 361 g/mol. The second kappa shape index (κ2) is 5.11. The lowest BCUT2D eigenvalue weighted by Crippen LogP contribution is -2.16. The van der Waals surface area contributed by atoms with Gasteiger partial charge in [0.05, 0.1) is 5.92 Å². The van der Waals surface area contributed by atoms with E-state index in [1.807, 2.05) is 30.3 Å². The topological polar surface area (TPSA) is 18.5 Å². The molecule has 2 aliphatic rings. The van der Waals surface area contributed by atoms with E-state index in [4.69, 9.17) is 9.47 Å². The van der Waals surface area contributed by atoms with Gasteiger partial charge in [0.15, 0.2) is 0 Å². The van der Waals surface area contributed by atoms with E-state index in [0.29, 0.717) is 0 Å². The Morgan fingerprint density at radius 1 is 1.00 bits per heavy atom. The van der Waals surface area contributed by atoms with Crippen LogP contribution in [-0.2, 0) is 4.74 Å². The number of ether oxygens (including phenoxy) is 2. The van der Waals surface area contributed by atoms with Gasteiger partial charge in [-0.15, -0.1) is 11.8 Å². The van der Waals surface area contributed by atoms with Gasteiger partial charge >= 0.3 is 0 Å². The third kappa shape index (κ3) is 2.00. The first-order valence-corrected chi connectivity index (χ1v) is 8.76. The van der Waals surface area contributed by atoms with E-state index in [0.717, 1.165) is 21.5 Å². The summed E-state index contributed by atoms with van der Waals surface area (Å²) < 4.78 is 13.1. The first kappa shape index (κ1) is 13.3. The van der Waals surface area contributed by atoms with Crippen molar-refractivity contribution >= 4 is 33.5 Å². The predicted octanol–water partition coefficient (Wildman–Crippen LogP) is 5.01. The Kier molecular flexibility index (Phi) is 3.23. The number of rotatable bonds is 2. The molecule has 0 aliphatic carbocycles. The number of benzene rings is 2. The molecule has 0 bridgehead atoms. The van der Waals surface area contributed by atoms with Crippen molar-refractivity contribution in [3.8, 4) is 5.75 Å². The van der Waals surface area contributed by atoms with Crippen LogP contribution in [0.5, 0.6) is 5.75 Å². The van der Waals surface area contributed by atoms with Gasteiger partial charge in [-0.1, -0.05) is 52.3 Å². The highest BCUT2D eigenvalue weighted by Crippen LogP contribution is 2.54. The summed E-state index contributed by atoms with van der Waals surface area (Å²) in [5.41, 5.74) is 2.30. The van der Waals surface area contributed by atoms with E-state index >= 15 is 0 Å². The van der Waals surface area contributed by atoms with Crippen molar-refractivity contribution in [2.75, 3.05) is 6.26 Å². The van der Waals surface area contributed by atoms with Crippen LogP contribution < -0.4 is 4.74 Å². The number of thioether (sulfide) groups is 1. The van der Waals surface area contributed by atoms with Crippen LogP contribution >= 0.6 is 27.7 Å². The smallest absolute Gasteiger partial charge is 0.252 e. The molecule has 2 atom stereocenters. The van der Waals surface area contributed by atoms with Gasteiger partial charge < -0.3 is 9.47 Å². The first-order chi connectivity index (χ1) is 10.3. The normalized spacial score (nSPS) is 22.6. The van der Waals surface area contributed by atoms with Crippen molar-refractivity contribution in [2.24, 2.45) is 0 Å². The summed E-state index contributed by atoms with van der Waals surface area (Å²) in [4.78, 5) is 1.23. The van der Waals surface area contributed by atoms with Crippen molar-refractivity contribution in [3.05, 3.63) is 69.0 Å². The van der Waals surface area contributed by atoms with Crippen LogP contribution in [0.1, 0.15) is 17.0 Å². The lowest BCUT2D eigenvalue weighted by Gasteiger charge is -2.12. The van der Waals surface area contributed by atoms with Crippen molar-refractivity contribution in [2.45, 2.75) is 12.2 Å². The minimum Gasteiger partial charge on any atom is -0.454 e. The van der Waals surface area contributed by atoms with Crippen molar-refractivity contribution in [3.63, 3.8) is 0 Å². The minimum atomic E-state index is -0.244. The Hall–Kier alpha value is -1.39. The summed E-state index contributed by atoms with van der Waals surface area (Å²) in [6.07, 6.45) is 1.85. The van der Waals surface area contributed by atoms with Gasteiger partial charge in [0, 0.05) is 20.5 Å². The highest BCUT2D eigenvalue weighted by molar-refractivity contribution is 9.10. The molecule has 0 saturated heterocycles. The van der Waals surface area contributed by atoms with E-state index in [1.54, 1.807) is 11.8 Å². The van der Waals surface area contributed by atoms with E-state index in [1.165, 1.54) is 10.5 Å². The molecule has 0 aromatic heterocycles. The van der Waals surface area contributed by atoms with Crippen LogP contribution in [0.25, 0.3) is 5.76 Å². The quantitative estimate of drug-likeness (QED) is 0.749. The van der Waals surface area contributed by atoms with Crippen molar-refractivity contribution in [1.82, 2.24) is 0 Å². The van der Waals surface area contributed by atoms with Gasteiger partial charge in [-0.3, -0.25) is 0 Å². The van der Waals surface area contributed by atoms with Gasteiger partial charge in [0.1, 0.15) is 11.5 Å². The number of hydrogen-bond acceptors (Lipinski definition) is 3. The molecule has 0 fully saturated rings. The van der Waals surface area contributed by atoms with E-state index < -0.39 is 0 Å². The monoisotopic (exact) mass is 360 g/mol. The van der Waals surface area contributed by atoms with E-state index in [2.05, 4.69) is 40.4 Å². The Bertz CT molecular complexity index is 741. The molecule has 2 unspecified atom stereocenters. The maximum atomic E-state index is 6.14. The molecule has 21 heavy (non-hydrogen) atoms. The summed E-state index contributed by atoms with van der Waals surface area (Å²) in [6.45, 7) is 0. The lowest BCUT2D eigenvalue weighted by atomic mass is 9.99. The number of fused-ring (bicyclic) bond motifs is 3. The zero-order valence-electron chi connectivity index (χ0n) is 11.4. The largest absolute Gasteiger partial charge is 0.454 e. The standard InChI is InChI=1S/C17H13BrO2S/c1-21-16-14-11-7-3-5-9-13(11)19-17(14)20-15(16)10-6-2-4-8-12(10)18/h2-9,14,17H,1H3. The molecule has 0 spiro atoms. The van der Waals surface area contributed by atoms with Gasteiger partial charge in [0.2, 0.25) is 0 Å². The summed E-state index contributed by atoms with van der Waals surface area (Å²) in [5, 5.41) is 0. The fraction of sp³-hybridized carbons (Fsp3) is 0.176. The molecule has 0 radical (unpaired) electrons. The zero-order valence-corrected chi connectivity index (χ0v) is 13.8. The molecular formula is C17H13BrO2S. The Morgan fingerprint density at radius 2 is 1.76 bits per heavy atom. The van der Waals surface area contributed by atoms with E-state index in [-0.39, 0.29) is 12.2 Å². The second-order valence-corrected chi connectivity index (χ2v) is 6.70. The molecule has 4 heteroatoms. The predicted molar refractivity (Wildman–Crippen MR) is 89.3 cm³/mol. The SMILES string of the molecule is CSC1=C(c2ccccc2Br)OC2Oc3ccccc3C12. The van der Waals surface area contributed by atoms with Crippen LogP contribution in [-0.4, -0.2) is 12.5 Å². The molecule has 2 aliphatic heterocycles. The third-order valence-corrected chi connectivity index (χ3v) is 5.42. The molecule has 2 aromatic rings. The Labute approximate surface area is 136 Å². The summed E-state index contributed by atoms with van der Waals surface area (Å²) in [5.74, 6) is 2.04. The molecule has 0 saturated carbocycles. The van der Waals surface area contributed by atoms with Crippen molar-refractivity contribution in [1.29, 1.82) is 0 Å². The molecule has 0 amide bonds. The maximum absolute atomic E-state index is 6.14. The maximum Gasteiger partial charge on any atom is 0.252 e. The summed E-state index contributed by atoms with van der Waals surface area (Å²) >= 11 is 5.35. The second-order valence-electron chi connectivity index (χ2n) is 5.00. The highest BCUT2D eigenvalue weighted by Gasteiger charge is 2.45. The molecule has 2 aromatic carbocycles. The summed E-state index contributed by atoms with van der Waals surface area (Å²) in [7, 11) is 0. The third-order valence-electron chi connectivity index (χ3n) is 3.85. The molecule has 106 valence electrons. The van der Waals surface area contributed by atoms with Gasteiger partial charge in [-0.05, 0) is 18.4 Å². The van der Waals surface area contributed by atoms with Gasteiger partial charge in [-0.25, -0.2) is 0 Å². The van der Waals surface area contributed by atoms with Crippen molar-refractivity contribution < 1.29 is 9.47 Å². The molecule has 2 heterocycles. The molecular weight excluding hydrogens is 348 g/mol. The summed E-state index contributed by atoms with van der Waals surface area (Å²) in [6, 6.07) is 16.3. The van der Waals surface area contributed by atoms with Gasteiger partial charge in [-0.2, -0.15) is 0 Å².